The summed E-state index contributed by atoms with van der Waals surface area (Å²) in [5, 5.41) is 20.1. The SMILES string of the molecule is CCCCCCCCCCCCCOC(=O)/C=C/C(=O)[O-].CCCCCCCCCCCCCOC(=O)/C=C/C(=O)[O-].[CH2]CCC.[CH2]CCC.[Sn+2]. The molecule has 51 heavy (non-hydrogen) atoms. The Morgan fingerprint density at radius 2 is 0.627 bits per heavy atom. The van der Waals surface area contributed by atoms with Gasteiger partial charge in [0.25, 0.3) is 0 Å². The molecule has 0 rings (SSSR count). The van der Waals surface area contributed by atoms with Crippen molar-refractivity contribution in [3.8, 4) is 0 Å². The minimum absolute atomic E-state index is 0. The Morgan fingerprint density at radius 3 is 0.824 bits per heavy atom. The first-order chi connectivity index (χ1) is 24.2. The van der Waals surface area contributed by atoms with Gasteiger partial charge in [-0.2, -0.15) is 0 Å². The van der Waals surface area contributed by atoms with Crippen LogP contribution in [-0.4, -0.2) is 61.0 Å². The van der Waals surface area contributed by atoms with E-state index in [1.807, 2.05) is 0 Å². The van der Waals surface area contributed by atoms with E-state index in [0.717, 1.165) is 50.7 Å². The van der Waals surface area contributed by atoms with Crippen LogP contribution in [0.5, 0.6) is 0 Å². The predicted octanol–water partition coefficient (Wildman–Crippen LogP) is 9.15. The second-order valence-electron chi connectivity index (χ2n) is 12.4. The number of unbranched alkanes of at least 4 members (excludes halogenated alkanes) is 22. The number of ether oxygens (including phenoxy) is 2. The first-order valence-electron chi connectivity index (χ1n) is 19.9. The zero-order valence-corrected chi connectivity index (χ0v) is 36.1. The zero-order valence-electron chi connectivity index (χ0n) is 33.3. The predicted molar refractivity (Wildman–Crippen MR) is 209 cm³/mol. The van der Waals surface area contributed by atoms with Gasteiger partial charge in [-0.1, -0.05) is 196 Å². The van der Waals surface area contributed by atoms with Gasteiger partial charge in [0.1, 0.15) is 0 Å². The number of hydrogen-bond donors (Lipinski definition) is 0. The average Bonchev–Trinajstić information content (AvgIpc) is 3.11. The van der Waals surface area contributed by atoms with Gasteiger partial charge in [0, 0.05) is 12.2 Å². The summed E-state index contributed by atoms with van der Waals surface area (Å²) >= 11 is 0. The van der Waals surface area contributed by atoms with Crippen molar-refractivity contribution >= 4 is 47.8 Å². The van der Waals surface area contributed by atoms with Gasteiger partial charge in [0.05, 0.1) is 25.2 Å². The molecule has 4 radical (unpaired) electrons. The van der Waals surface area contributed by atoms with E-state index in [1.54, 1.807) is 0 Å². The Hall–Kier alpha value is -1.84. The second kappa shape index (κ2) is 54.9. The number of rotatable bonds is 30. The Balaban J connectivity index is -0.000000224. The van der Waals surface area contributed by atoms with Crippen LogP contribution in [0.4, 0.5) is 0 Å². The van der Waals surface area contributed by atoms with Gasteiger partial charge in [-0.25, -0.2) is 9.59 Å². The first-order valence-corrected chi connectivity index (χ1v) is 19.9. The van der Waals surface area contributed by atoms with Crippen molar-refractivity contribution in [2.75, 3.05) is 13.2 Å². The van der Waals surface area contributed by atoms with E-state index in [4.69, 9.17) is 9.47 Å². The topological polar surface area (TPSA) is 133 Å². The van der Waals surface area contributed by atoms with Gasteiger partial charge >= 0.3 is 35.8 Å². The monoisotopic (exact) mass is 828 g/mol. The van der Waals surface area contributed by atoms with Gasteiger partial charge in [-0.05, 0) is 25.0 Å². The number of esters is 2. The molecule has 0 aromatic carbocycles. The van der Waals surface area contributed by atoms with Crippen LogP contribution in [0.1, 0.15) is 195 Å². The summed E-state index contributed by atoms with van der Waals surface area (Å²) in [6.07, 6.45) is 35.0. The van der Waals surface area contributed by atoms with E-state index in [9.17, 15) is 29.4 Å². The summed E-state index contributed by atoms with van der Waals surface area (Å²) in [6.45, 7) is 16.6. The summed E-state index contributed by atoms with van der Waals surface area (Å²) in [5.41, 5.74) is 0. The van der Waals surface area contributed by atoms with E-state index >= 15 is 0 Å². The van der Waals surface area contributed by atoms with Gasteiger partial charge < -0.3 is 29.3 Å². The zero-order chi connectivity index (χ0) is 38.4. The molecule has 0 aliphatic rings. The molecule has 0 N–H and O–H groups in total. The number of hydrogen-bond acceptors (Lipinski definition) is 8. The molecule has 0 aliphatic carbocycles. The van der Waals surface area contributed by atoms with Crippen LogP contribution in [0.25, 0.3) is 0 Å². The van der Waals surface area contributed by atoms with Crippen LogP contribution in [0.3, 0.4) is 0 Å². The smallest absolute Gasteiger partial charge is 0.545 e. The van der Waals surface area contributed by atoms with Crippen molar-refractivity contribution in [2.45, 2.75) is 195 Å². The molecule has 0 amide bonds. The average molecular weight is 828 g/mol. The van der Waals surface area contributed by atoms with E-state index in [1.165, 1.54) is 128 Å². The summed E-state index contributed by atoms with van der Waals surface area (Å²) in [7, 11) is 0. The number of carboxylic acids is 2. The van der Waals surface area contributed by atoms with E-state index in [-0.39, 0.29) is 23.9 Å². The third-order valence-corrected chi connectivity index (χ3v) is 7.40. The fourth-order valence-corrected chi connectivity index (χ4v) is 4.25. The Morgan fingerprint density at radius 1 is 0.412 bits per heavy atom. The molecule has 0 bridgehead atoms. The molecule has 0 saturated carbocycles. The molecule has 0 aromatic rings. The molecule has 0 heterocycles. The normalized spacial score (nSPS) is 10.2. The van der Waals surface area contributed by atoms with Crippen LogP contribution < -0.4 is 10.2 Å². The maximum Gasteiger partial charge on any atom is 2.00 e. The number of aliphatic carboxylic acids is 2. The molecular weight excluding hydrogens is 751 g/mol. The van der Waals surface area contributed by atoms with Crippen molar-refractivity contribution in [2.24, 2.45) is 0 Å². The molecule has 0 atom stereocenters. The standard InChI is InChI=1S/2C17H30O4.2C4H9.Sn/c2*1-2-3-4-5-6-7-8-9-10-11-12-15-21-17(20)14-13-16(18)19;2*1-3-4-2;/h2*13-14H,2-12,15H2,1H3,(H,18,19);2*1,3-4H2,2H3;/q;;;;+2/p-2/b2*14-13+;;;. The molecule has 0 fully saturated rings. The largest absolute Gasteiger partial charge is 2.00 e. The first kappa shape index (κ1) is 58.5. The summed E-state index contributed by atoms with van der Waals surface area (Å²) in [6, 6.07) is 0. The van der Waals surface area contributed by atoms with Crippen molar-refractivity contribution < 1.29 is 38.9 Å². The Labute approximate surface area is 331 Å². The van der Waals surface area contributed by atoms with E-state index in [2.05, 4.69) is 41.5 Å². The Kier molecular flexibility index (Phi) is 63.0. The maximum absolute atomic E-state index is 11.0. The fourth-order valence-electron chi connectivity index (χ4n) is 4.25. The molecule has 9 heteroatoms. The van der Waals surface area contributed by atoms with Crippen LogP contribution in [0.15, 0.2) is 24.3 Å². The summed E-state index contributed by atoms with van der Waals surface area (Å²) in [5.74, 6) is -4.01. The molecule has 296 valence electrons. The Bertz CT molecular complexity index is 715. The fraction of sp³-hybridized carbons (Fsp3) is 0.762. The minimum atomic E-state index is -1.39. The van der Waals surface area contributed by atoms with Crippen LogP contribution >= 0.6 is 0 Å². The molecule has 8 nitrogen and oxygen atoms in total. The quantitative estimate of drug-likeness (QED) is 0.0303. The third kappa shape index (κ3) is 70.5. The van der Waals surface area contributed by atoms with Gasteiger partial charge in [-0.3, -0.25) is 0 Å². The number of carbonyl (C=O) groups excluding carboxylic acids is 4. The number of carboxylic acid groups (broad SMARTS) is 2. The second-order valence-corrected chi connectivity index (χ2v) is 12.4. The van der Waals surface area contributed by atoms with Gasteiger partial charge in [0.15, 0.2) is 0 Å². The van der Waals surface area contributed by atoms with Crippen molar-refractivity contribution in [3.63, 3.8) is 0 Å². The van der Waals surface area contributed by atoms with Crippen molar-refractivity contribution in [3.05, 3.63) is 38.2 Å². The van der Waals surface area contributed by atoms with Gasteiger partial charge in [0.2, 0.25) is 0 Å². The van der Waals surface area contributed by atoms with Crippen LogP contribution in [0.2, 0.25) is 0 Å². The molecule has 0 saturated heterocycles. The molecular formula is C42H76O8Sn. The van der Waals surface area contributed by atoms with Crippen molar-refractivity contribution in [1.82, 2.24) is 0 Å². The van der Waals surface area contributed by atoms with Crippen molar-refractivity contribution in [1.29, 1.82) is 0 Å². The third-order valence-electron chi connectivity index (χ3n) is 7.40. The van der Waals surface area contributed by atoms with E-state index < -0.39 is 23.9 Å². The van der Waals surface area contributed by atoms with E-state index in [0.29, 0.717) is 25.4 Å². The molecule has 0 aromatic heterocycles. The van der Waals surface area contributed by atoms with Gasteiger partial charge in [-0.15, -0.1) is 0 Å². The number of carbonyl (C=O) groups is 4. The maximum atomic E-state index is 11.0. The van der Waals surface area contributed by atoms with Crippen LogP contribution in [-0.2, 0) is 28.7 Å². The minimum Gasteiger partial charge on any atom is -0.545 e. The summed E-state index contributed by atoms with van der Waals surface area (Å²) < 4.78 is 9.72. The molecule has 0 unspecified atom stereocenters. The van der Waals surface area contributed by atoms with Crippen LogP contribution in [0, 0.1) is 13.8 Å². The molecule has 0 aliphatic heterocycles. The molecule has 0 spiro atoms. The summed E-state index contributed by atoms with van der Waals surface area (Å²) in [4.78, 5) is 42.2.